The van der Waals surface area contributed by atoms with Gasteiger partial charge in [0, 0.05) is 22.8 Å². The first-order valence-corrected chi connectivity index (χ1v) is 12.2. The molecule has 2 aromatic carbocycles. The van der Waals surface area contributed by atoms with E-state index in [0.717, 1.165) is 33.5 Å². The Morgan fingerprint density at radius 3 is 2.27 bits per heavy atom. The van der Waals surface area contributed by atoms with Gasteiger partial charge in [-0.05, 0) is 49.6 Å². The molecule has 0 N–H and O–H groups in total. The predicted molar refractivity (Wildman–Crippen MR) is 119 cm³/mol. The lowest BCUT2D eigenvalue weighted by Gasteiger charge is -2.22. The monoisotopic (exact) mass is 439 g/mol. The quantitative estimate of drug-likeness (QED) is 0.548. The van der Waals surface area contributed by atoms with Crippen molar-refractivity contribution in [2.24, 2.45) is 0 Å². The van der Waals surface area contributed by atoms with Crippen LogP contribution in [0, 0.1) is 6.92 Å². The number of thiazole rings is 1. The Hall–Kier alpha value is -2.77. The number of rotatable bonds is 4. The SMILES string of the molecule is Cc1cc(C2=C(c3ccc(S(C)(=O)=O)cc3)C(C)(C)OC2=O)ccc1-c1cscn1. The van der Waals surface area contributed by atoms with Gasteiger partial charge in [0.05, 0.1) is 21.7 Å². The van der Waals surface area contributed by atoms with E-state index in [1.54, 1.807) is 29.8 Å². The lowest BCUT2D eigenvalue weighted by molar-refractivity contribution is -0.141. The van der Waals surface area contributed by atoms with Gasteiger partial charge in [0.2, 0.25) is 0 Å². The number of esters is 1. The third-order valence-corrected chi connectivity index (χ3v) is 6.91. The molecule has 2 heterocycles. The Labute approximate surface area is 180 Å². The van der Waals surface area contributed by atoms with E-state index in [4.69, 9.17) is 4.74 Å². The molecular weight excluding hydrogens is 418 g/mol. The minimum Gasteiger partial charge on any atom is -0.451 e. The fourth-order valence-electron chi connectivity index (χ4n) is 3.81. The number of carbonyl (C=O) groups is 1. The average Bonchev–Trinajstić information content (AvgIpc) is 3.26. The van der Waals surface area contributed by atoms with Crippen LogP contribution < -0.4 is 0 Å². The van der Waals surface area contributed by atoms with Crippen LogP contribution in [0.5, 0.6) is 0 Å². The Bertz CT molecular complexity index is 1270. The van der Waals surface area contributed by atoms with Crippen LogP contribution >= 0.6 is 11.3 Å². The van der Waals surface area contributed by atoms with Crippen molar-refractivity contribution >= 4 is 38.3 Å². The maximum atomic E-state index is 12.8. The van der Waals surface area contributed by atoms with Gasteiger partial charge < -0.3 is 4.74 Å². The maximum absolute atomic E-state index is 12.8. The first-order valence-electron chi connectivity index (χ1n) is 9.36. The molecule has 1 aliphatic rings. The van der Waals surface area contributed by atoms with Gasteiger partial charge in [0.15, 0.2) is 9.84 Å². The second-order valence-corrected chi connectivity index (χ2v) is 10.6. The van der Waals surface area contributed by atoms with E-state index < -0.39 is 15.4 Å². The summed E-state index contributed by atoms with van der Waals surface area (Å²) < 4.78 is 29.3. The number of sulfone groups is 1. The summed E-state index contributed by atoms with van der Waals surface area (Å²) in [5, 5.41) is 1.99. The summed E-state index contributed by atoms with van der Waals surface area (Å²) in [5.74, 6) is -0.386. The molecule has 0 saturated heterocycles. The summed E-state index contributed by atoms with van der Waals surface area (Å²) in [7, 11) is -3.30. The highest BCUT2D eigenvalue weighted by molar-refractivity contribution is 7.90. The smallest absolute Gasteiger partial charge is 0.340 e. The van der Waals surface area contributed by atoms with Crippen LogP contribution in [0.1, 0.15) is 30.5 Å². The van der Waals surface area contributed by atoms with Crippen molar-refractivity contribution < 1.29 is 17.9 Å². The van der Waals surface area contributed by atoms with Crippen molar-refractivity contribution in [2.45, 2.75) is 31.3 Å². The third kappa shape index (κ3) is 3.59. The second-order valence-electron chi connectivity index (χ2n) is 7.85. The molecule has 154 valence electrons. The highest BCUT2D eigenvalue weighted by Crippen LogP contribution is 2.44. The zero-order valence-corrected chi connectivity index (χ0v) is 18.7. The van der Waals surface area contributed by atoms with Gasteiger partial charge in [0.25, 0.3) is 0 Å². The van der Waals surface area contributed by atoms with Crippen LogP contribution in [-0.2, 0) is 19.4 Å². The molecule has 0 radical (unpaired) electrons. The van der Waals surface area contributed by atoms with E-state index in [1.165, 1.54) is 17.6 Å². The van der Waals surface area contributed by atoms with Crippen LogP contribution in [0.2, 0.25) is 0 Å². The first kappa shape index (κ1) is 20.5. The number of benzene rings is 2. The van der Waals surface area contributed by atoms with E-state index in [2.05, 4.69) is 4.98 Å². The van der Waals surface area contributed by atoms with Crippen LogP contribution in [0.3, 0.4) is 0 Å². The Morgan fingerprint density at radius 2 is 1.70 bits per heavy atom. The van der Waals surface area contributed by atoms with Gasteiger partial charge in [-0.3, -0.25) is 0 Å². The highest BCUT2D eigenvalue weighted by atomic mass is 32.2. The zero-order valence-electron chi connectivity index (χ0n) is 17.1. The number of cyclic esters (lactones) is 1. The Morgan fingerprint density at radius 1 is 1.03 bits per heavy atom. The fourth-order valence-corrected chi connectivity index (χ4v) is 4.99. The van der Waals surface area contributed by atoms with Crippen molar-refractivity contribution in [3.8, 4) is 11.3 Å². The number of carbonyl (C=O) groups excluding carboxylic acids is 1. The zero-order chi connectivity index (χ0) is 21.7. The molecule has 7 heteroatoms. The standard InChI is InChI=1S/C23H21NO4S2/c1-14-11-16(7-10-18(14)19-12-29-13-24-19)20-21(23(2,3)28-22(20)25)15-5-8-17(9-6-15)30(4,26)27/h5-13H,1-4H3. The van der Waals surface area contributed by atoms with Gasteiger partial charge in [-0.2, -0.15) is 0 Å². The lowest BCUT2D eigenvalue weighted by atomic mass is 9.86. The molecule has 0 unspecified atom stereocenters. The van der Waals surface area contributed by atoms with E-state index in [-0.39, 0.29) is 10.9 Å². The molecule has 1 aliphatic heterocycles. The van der Waals surface area contributed by atoms with Crippen molar-refractivity contribution in [1.29, 1.82) is 0 Å². The van der Waals surface area contributed by atoms with Gasteiger partial charge >= 0.3 is 5.97 Å². The lowest BCUT2D eigenvalue weighted by Crippen LogP contribution is -2.22. The molecule has 5 nitrogen and oxygen atoms in total. The second kappa shape index (κ2) is 7.18. The minimum atomic E-state index is -3.30. The van der Waals surface area contributed by atoms with E-state index in [0.29, 0.717) is 5.57 Å². The molecule has 1 aromatic heterocycles. The van der Waals surface area contributed by atoms with Crippen LogP contribution in [-0.4, -0.2) is 31.2 Å². The number of hydrogen-bond donors (Lipinski definition) is 0. The Balaban J connectivity index is 1.87. The molecule has 0 bridgehead atoms. The van der Waals surface area contributed by atoms with E-state index >= 15 is 0 Å². The minimum absolute atomic E-state index is 0.236. The molecule has 0 saturated carbocycles. The average molecular weight is 440 g/mol. The molecule has 4 rings (SSSR count). The predicted octanol–water partition coefficient (Wildman–Crippen LogP) is 4.77. The number of aromatic nitrogens is 1. The third-order valence-electron chi connectivity index (χ3n) is 5.20. The van der Waals surface area contributed by atoms with Crippen molar-refractivity contribution in [3.05, 3.63) is 70.0 Å². The van der Waals surface area contributed by atoms with Crippen LogP contribution in [0.4, 0.5) is 0 Å². The van der Waals surface area contributed by atoms with Gasteiger partial charge in [-0.25, -0.2) is 18.2 Å². The maximum Gasteiger partial charge on any atom is 0.340 e. The molecular formula is C23H21NO4S2. The summed E-state index contributed by atoms with van der Waals surface area (Å²) >= 11 is 1.54. The summed E-state index contributed by atoms with van der Waals surface area (Å²) in [5.41, 5.74) is 6.66. The normalized spacial score (nSPS) is 16.1. The highest BCUT2D eigenvalue weighted by Gasteiger charge is 2.41. The van der Waals surface area contributed by atoms with Crippen molar-refractivity contribution in [3.63, 3.8) is 0 Å². The fraction of sp³-hybridized carbons (Fsp3) is 0.217. The van der Waals surface area contributed by atoms with Gasteiger partial charge in [-0.1, -0.05) is 30.3 Å². The molecule has 0 fully saturated rings. The molecule has 0 amide bonds. The van der Waals surface area contributed by atoms with Crippen molar-refractivity contribution in [2.75, 3.05) is 6.26 Å². The topological polar surface area (TPSA) is 73.3 Å². The van der Waals surface area contributed by atoms with Crippen molar-refractivity contribution in [1.82, 2.24) is 4.98 Å². The van der Waals surface area contributed by atoms with Gasteiger partial charge in [0.1, 0.15) is 5.60 Å². The number of hydrogen-bond acceptors (Lipinski definition) is 6. The van der Waals surface area contributed by atoms with Crippen LogP contribution in [0.25, 0.3) is 22.4 Å². The molecule has 0 aliphatic carbocycles. The number of nitrogens with zero attached hydrogens (tertiary/aromatic N) is 1. The molecule has 0 atom stereocenters. The molecule has 0 spiro atoms. The van der Waals surface area contributed by atoms with Gasteiger partial charge in [-0.15, -0.1) is 11.3 Å². The van der Waals surface area contributed by atoms with E-state index in [1.807, 2.05) is 44.4 Å². The summed E-state index contributed by atoms with van der Waals surface area (Å²) in [6.45, 7) is 5.67. The summed E-state index contributed by atoms with van der Waals surface area (Å²) in [6.07, 6.45) is 1.17. The Kier molecular flexibility index (Phi) is 4.91. The number of ether oxygens (including phenoxy) is 1. The number of aryl methyl sites for hydroxylation is 1. The molecule has 3 aromatic rings. The summed E-state index contributed by atoms with van der Waals surface area (Å²) in [6, 6.07) is 12.4. The van der Waals surface area contributed by atoms with Crippen LogP contribution in [0.15, 0.2) is 58.3 Å². The van der Waals surface area contributed by atoms with E-state index in [9.17, 15) is 13.2 Å². The first-order chi connectivity index (χ1) is 14.1. The summed E-state index contributed by atoms with van der Waals surface area (Å²) in [4.78, 5) is 17.4. The largest absolute Gasteiger partial charge is 0.451 e. The molecule has 30 heavy (non-hydrogen) atoms.